The van der Waals surface area contributed by atoms with Gasteiger partial charge in [0.1, 0.15) is 12.3 Å². The Morgan fingerprint density at radius 2 is 2.04 bits per heavy atom. The van der Waals surface area contributed by atoms with Crippen LogP contribution in [0.2, 0.25) is 0 Å². The first-order valence-corrected chi connectivity index (χ1v) is 7.22. The molecule has 8 nitrogen and oxygen atoms in total. The number of hydrogen-bond donors (Lipinski definition) is 1. The molecule has 0 spiro atoms. The summed E-state index contributed by atoms with van der Waals surface area (Å²) in [6.07, 6.45) is 1.64. The van der Waals surface area contributed by atoms with Crippen molar-refractivity contribution in [3.05, 3.63) is 63.7 Å². The predicted molar refractivity (Wildman–Crippen MR) is 85.2 cm³/mol. The molecule has 0 unspecified atom stereocenters. The van der Waals surface area contributed by atoms with Gasteiger partial charge in [-0.3, -0.25) is 9.89 Å². The lowest BCUT2D eigenvalue weighted by Gasteiger charge is -2.05. The van der Waals surface area contributed by atoms with E-state index in [0.717, 1.165) is 11.3 Å². The molecule has 1 N–H and O–H groups in total. The van der Waals surface area contributed by atoms with Crippen molar-refractivity contribution in [3.8, 4) is 11.3 Å². The number of benzene rings is 1. The number of aromatic nitrogens is 5. The summed E-state index contributed by atoms with van der Waals surface area (Å²) in [6.45, 7) is 1.55. The second-order valence-corrected chi connectivity index (χ2v) is 5.26. The number of nitrogens with zero attached hydrogens (tertiary/aromatic N) is 4. The molecule has 122 valence electrons. The lowest BCUT2D eigenvalue weighted by Crippen LogP contribution is -2.16. The third-order valence-electron chi connectivity index (χ3n) is 3.47. The van der Waals surface area contributed by atoms with E-state index in [0.29, 0.717) is 11.3 Å². The van der Waals surface area contributed by atoms with Gasteiger partial charge in [0.25, 0.3) is 0 Å². The molecule has 3 aromatic rings. The van der Waals surface area contributed by atoms with Crippen LogP contribution in [-0.4, -0.2) is 31.2 Å². The number of nitrogens with one attached hydrogen (secondary N) is 1. The molecule has 24 heavy (non-hydrogen) atoms. The minimum atomic E-state index is -0.522. The second-order valence-electron chi connectivity index (χ2n) is 5.26. The van der Waals surface area contributed by atoms with Crippen LogP contribution in [0.1, 0.15) is 21.7 Å². The number of esters is 1. The number of carbonyl (C=O) groups excluding carboxylic acids is 1. The highest BCUT2D eigenvalue weighted by molar-refractivity contribution is 5.89. The van der Waals surface area contributed by atoms with Crippen molar-refractivity contribution in [1.29, 1.82) is 0 Å². The fourth-order valence-electron chi connectivity index (χ4n) is 2.17. The zero-order chi connectivity index (χ0) is 17.1. The van der Waals surface area contributed by atoms with E-state index >= 15 is 0 Å². The van der Waals surface area contributed by atoms with E-state index in [2.05, 4.69) is 20.5 Å². The third kappa shape index (κ3) is 3.22. The molecule has 0 saturated carbocycles. The number of aromatic amines is 1. The first-order chi connectivity index (χ1) is 11.5. The van der Waals surface area contributed by atoms with Gasteiger partial charge in [-0.2, -0.15) is 5.10 Å². The highest BCUT2D eigenvalue weighted by atomic mass is 16.5. The zero-order valence-corrected chi connectivity index (χ0v) is 13.2. The van der Waals surface area contributed by atoms with Gasteiger partial charge in [-0.05, 0) is 19.1 Å². The van der Waals surface area contributed by atoms with Gasteiger partial charge in [-0.25, -0.2) is 9.48 Å². The smallest absolute Gasteiger partial charge is 0.338 e. The molecule has 0 fully saturated rings. The number of hydrogen-bond acceptors (Lipinski definition) is 6. The van der Waals surface area contributed by atoms with Crippen LogP contribution < -0.4 is 5.43 Å². The minimum absolute atomic E-state index is 0.159. The van der Waals surface area contributed by atoms with E-state index in [1.165, 1.54) is 6.07 Å². The van der Waals surface area contributed by atoms with E-state index in [1.807, 2.05) is 0 Å². The first kappa shape index (κ1) is 15.6. The minimum Gasteiger partial charge on any atom is -0.455 e. The molecule has 0 aliphatic rings. The Labute approximate surface area is 137 Å². The Kier molecular flexibility index (Phi) is 4.19. The van der Waals surface area contributed by atoms with E-state index in [4.69, 9.17) is 4.74 Å². The molecule has 0 saturated heterocycles. The lowest BCUT2D eigenvalue weighted by atomic mass is 10.1. The van der Waals surface area contributed by atoms with Gasteiger partial charge >= 0.3 is 5.97 Å². The predicted octanol–water partition coefficient (Wildman–Crippen LogP) is 1.23. The van der Waals surface area contributed by atoms with Crippen LogP contribution in [0.25, 0.3) is 11.3 Å². The van der Waals surface area contributed by atoms with Gasteiger partial charge in [-0.1, -0.05) is 17.3 Å². The Morgan fingerprint density at radius 3 is 2.67 bits per heavy atom. The van der Waals surface area contributed by atoms with Gasteiger partial charge < -0.3 is 4.74 Å². The Balaban J connectivity index is 1.69. The Bertz CT molecular complexity index is 927. The molecule has 3 rings (SSSR count). The molecule has 0 radical (unpaired) electrons. The summed E-state index contributed by atoms with van der Waals surface area (Å²) in [5, 5.41) is 14.2. The molecule has 1 aromatic carbocycles. The largest absolute Gasteiger partial charge is 0.455 e. The highest BCUT2D eigenvalue weighted by Gasteiger charge is 2.11. The standard InChI is InChI=1S/C16H15N5O3/c1-10-7-15(22)13(19-18-10)9-24-16(23)12-5-3-11(4-6-12)14-8-17-20-21(14)2/h3-8H,9H2,1-2H3,(H,18,22). The van der Waals surface area contributed by atoms with Gasteiger partial charge in [-0.15, -0.1) is 5.10 Å². The summed E-state index contributed by atoms with van der Waals surface area (Å²) in [5.41, 5.74) is 2.65. The van der Waals surface area contributed by atoms with E-state index in [1.54, 1.807) is 49.1 Å². The number of H-pyrrole nitrogens is 1. The monoisotopic (exact) mass is 325 g/mol. The number of ether oxygens (including phenoxy) is 1. The van der Waals surface area contributed by atoms with Crippen molar-refractivity contribution in [1.82, 2.24) is 25.2 Å². The molecule has 0 aliphatic carbocycles. The lowest BCUT2D eigenvalue weighted by molar-refractivity contribution is 0.0465. The van der Waals surface area contributed by atoms with Gasteiger partial charge in [0.2, 0.25) is 5.43 Å². The number of aryl methyl sites for hydroxylation is 2. The van der Waals surface area contributed by atoms with Crippen molar-refractivity contribution in [3.63, 3.8) is 0 Å². The summed E-state index contributed by atoms with van der Waals surface area (Å²) < 4.78 is 6.78. The molecule has 0 bridgehead atoms. The van der Waals surface area contributed by atoms with Crippen LogP contribution in [0, 0.1) is 6.92 Å². The molecule has 0 aliphatic heterocycles. The van der Waals surface area contributed by atoms with Crippen LogP contribution in [0.4, 0.5) is 0 Å². The maximum Gasteiger partial charge on any atom is 0.338 e. The van der Waals surface area contributed by atoms with Gasteiger partial charge in [0, 0.05) is 24.4 Å². The topological polar surface area (TPSA) is 103 Å². The number of carbonyl (C=O) groups is 1. The summed E-state index contributed by atoms with van der Waals surface area (Å²) in [6, 6.07) is 8.28. The average molecular weight is 325 g/mol. The van der Waals surface area contributed by atoms with Gasteiger partial charge in [0.15, 0.2) is 0 Å². The Morgan fingerprint density at radius 1 is 1.29 bits per heavy atom. The summed E-state index contributed by atoms with van der Waals surface area (Å²) in [4.78, 5) is 23.8. The van der Waals surface area contributed by atoms with Crippen LogP contribution in [-0.2, 0) is 18.4 Å². The molecule has 0 amide bonds. The quantitative estimate of drug-likeness (QED) is 0.724. The maximum absolute atomic E-state index is 12.1. The normalized spacial score (nSPS) is 10.6. The van der Waals surface area contributed by atoms with E-state index in [-0.39, 0.29) is 17.7 Å². The highest BCUT2D eigenvalue weighted by Crippen LogP contribution is 2.18. The fraction of sp³-hybridized carbons (Fsp3) is 0.188. The average Bonchev–Trinajstić information content (AvgIpc) is 3.00. The van der Waals surface area contributed by atoms with Crippen molar-refractivity contribution in [2.75, 3.05) is 0 Å². The second kappa shape index (κ2) is 6.45. The van der Waals surface area contributed by atoms with Gasteiger partial charge in [0.05, 0.1) is 17.5 Å². The van der Waals surface area contributed by atoms with E-state index in [9.17, 15) is 9.59 Å². The van der Waals surface area contributed by atoms with Crippen LogP contribution in [0.3, 0.4) is 0 Å². The molecule has 2 aromatic heterocycles. The van der Waals surface area contributed by atoms with Crippen LogP contribution >= 0.6 is 0 Å². The summed E-state index contributed by atoms with van der Waals surface area (Å²) >= 11 is 0. The van der Waals surface area contributed by atoms with Crippen LogP contribution in [0.15, 0.2) is 41.3 Å². The molecule has 0 atom stereocenters. The van der Waals surface area contributed by atoms with Crippen molar-refractivity contribution < 1.29 is 9.53 Å². The van der Waals surface area contributed by atoms with Crippen molar-refractivity contribution in [2.45, 2.75) is 13.5 Å². The van der Waals surface area contributed by atoms with Crippen LogP contribution in [0.5, 0.6) is 0 Å². The molecule has 2 heterocycles. The molecule has 8 heteroatoms. The fourth-order valence-corrected chi connectivity index (χ4v) is 2.17. The third-order valence-corrected chi connectivity index (χ3v) is 3.47. The summed E-state index contributed by atoms with van der Waals surface area (Å²) in [7, 11) is 1.79. The van der Waals surface area contributed by atoms with Crippen molar-refractivity contribution >= 4 is 5.97 Å². The van der Waals surface area contributed by atoms with E-state index < -0.39 is 5.97 Å². The zero-order valence-electron chi connectivity index (χ0n) is 13.2. The molecular weight excluding hydrogens is 310 g/mol. The Hall–Kier alpha value is -3.29. The molecular formula is C16H15N5O3. The number of rotatable bonds is 4. The SMILES string of the molecule is Cc1cc(=O)c(COC(=O)c2ccc(-c3cnnn3C)cc2)n[nH]1. The maximum atomic E-state index is 12.1. The van der Waals surface area contributed by atoms with Crippen molar-refractivity contribution in [2.24, 2.45) is 7.05 Å². The first-order valence-electron chi connectivity index (χ1n) is 7.22. The summed E-state index contributed by atoms with van der Waals surface area (Å²) in [5.74, 6) is -0.522.